The van der Waals surface area contributed by atoms with E-state index in [1.165, 1.54) is 13.3 Å². The minimum atomic E-state index is -0.372. The molecule has 8 heteroatoms. The lowest BCUT2D eigenvalue weighted by Gasteiger charge is -2.11. The molecule has 1 N–H and O–H groups in total. The SMILES string of the molecule is CCCOc1ccc(C(=O)N/N=C/c2cc(Br)ccc2OCc2cccc(Cl)c2)cc1OC. The summed E-state index contributed by atoms with van der Waals surface area (Å²) in [6.45, 7) is 2.94. The highest BCUT2D eigenvalue weighted by Gasteiger charge is 2.11. The van der Waals surface area contributed by atoms with Crippen LogP contribution in [0.4, 0.5) is 0 Å². The Labute approximate surface area is 206 Å². The fourth-order valence-corrected chi connectivity index (χ4v) is 3.50. The van der Waals surface area contributed by atoms with Gasteiger partial charge in [0.05, 0.1) is 19.9 Å². The van der Waals surface area contributed by atoms with Crippen LogP contribution in [0.5, 0.6) is 17.2 Å². The van der Waals surface area contributed by atoms with Gasteiger partial charge in [0.1, 0.15) is 12.4 Å². The van der Waals surface area contributed by atoms with Crippen LogP contribution in [0.1, 0.15) is 34.8 Å². The molecular weight excluding hydrogens is 508 g/mol. The van der Waals surface area contributed by atoms with Gasteiger partial charge in [-0.1, -0.05) is 46.6 Å². The van der Waals surface area contributed by atoms with E-state index in [0.717, 1.165) is 16.5 Å². The Morgan fingerprint density at radius 3 is 2.64 bits per heavy atom. The third-order valence-corrected chi connectivity index (χ3v) is 5.24. The maximum atomic E-state index is 12.5. The maximum absolute atomic E-state index is 12.5. The number of hydrogen-bond acceptors (Lipinski definition) is 5. The van der Waals surface area contributed by atoms with Crippen molar-refractivity contribution in [3.8, 4) is 17.2 Å². The van der Waals surface area contributed by atoms with E-state index in [1.54, 1.807) is 18.2 Å². The number of hydrogen-bond donors (Lipinski definition) is 1. The molecular formula is C25H24BrClN2O4. The predicted octanol–water partition coefficient (Wildman–Crippen LogP) is 6.24. The van der Waals surface area contributed by atoms with E-state index in [-0.39, 0.29) is 5.91 Å². The number of nitrogens with zero attached hydrogens (tertiary/aromatic N) is 1. The smallest absolute Gasteiger partial charge is 0.271 e. The summed E-state index contributed by atoms with van der Waals surface area (Å²) < 4.78 is 17.8. The molecule has 3 aromatic rings. The van der Waals surface area contributed by atoms with Crippen LogP contribution in [0.15, 0.2) is 70.2 Å². The van der Waals surface area contributed by atoms with Crippen molar-refractivity contribution in [1.29, 1.82) is 0 Å². The second-order valence-corrected chi connectivity index (χ2v) is 8.37. The van der Waals surface area contributed by atoms with E-state index < -0.39 is 0 Å². The number of carbonyl (C=O) groups is 1. The summed E-state index contributed by atoms with van der Waals surface area (Å²) in [5.74, 6) is 1.33. The van der Waals surface area contributed by atoms with E-state index in [0.29, 0.717) is 46.6 Å². The second-order valence-electron chi connectivity index (χ2n) is 7.01. The number of ether oxygens (including phenoxy) is 3. The van der Waals surface area contributed by atoms with Crippen molar-refractivity contribution in [2.24, 2.45) is 5.10 Å². The van der Waals surface area contributed by atoms with Crippen molar-refractivity contribution >= 4 is 39.7 Å². The van der Waals surface area contributed by atoms with Gasteiger partial charge in [-0.3, -0.25) is 4.79 Å². The van der Waals surface area contributed by atoms with Crippen molar-refractivity contribution in [2.45, 2.75) is 20.0 Å². The Bertz CT molecular complexity index is 1140. The van der Waals surface area contributed by atoms with Crippen LogP contribution in [-0.2, 0) is 6.61 Å². The number of hydrazone groups is 1. The van der Waals surface area contributed by atoms with Gasteiger partial charge in [-0.2, -0.15) is 5.10 Å². The van der Waals surface area contributed by atoms with Crippen molar-refractivity contribution < 1.29 is 19.0 Å². The zero-order valence-electron chi connectivity index (χ0n) is 18.3. The molecule has 0 aliphatic rings. The van der Waals surface area contributed by atoms with Crippen LogP contribution in [0.3, 0.4) is 0 Å². The molecule has 33 heavy (non-hydrogen) atoms. The molecule has 0 bridgehead atoms. The summed E-state index contributed by atoms with van der Waals surface area (Å²) >= 11 is 9.49. The van der Waals surface area contributed by atoms with Crippen LogP contribution in [-0.4, -0.2) is 25.8 Å². The minimum Gasteiger partial charge on any atom is -0.493 e. The Hall–Kier alpha value is -3.03. The van der Waals surface area contributed by atoms with Gasteiger partial charge >= 0.3 is 0 Å². The third-order valence-electron chi connectivity index (χ3n) is 4.51. The summed E-state index contributed by atoms with van der Waals surface area (Å²) in [7, 11) is 1.53. The molecule has 0 radical (unpaired) electrons. The zero-order chi connectivity index (χ0) is 23.6. The molecule has 0 saturated carbocycles. The standard InChI is InChI=1S/C25H24BrClN2O4/c1-3-11-32-23-9-7-18(14-24(23)31-2)25(30)29-28-15-19-13-20(26)8-10-22(19)33-16-17-5-4-6-21(27)12-17/h4-10,12-15H,3,11,16H2,1-2H3,(H,29,30)/b28-15+. The molecule has 6 nitrogen and oxygen atoms in total. The van der Waals surface area contributed by atoms with Crippen molar-refractivity contribution in [3.05, 3.63) is 86.8 Å². The molecule has 0 spiro atoms. The molecule has 0 aromatic heterocycles. The molecule has 0 saturated heterocycles. The van der Waals surface area contributed by atoms with Gasteiger partial charge in [0.25, 0.3) is 5.91 Å². The van der Waals surface area contributed by atoms with Gasteiger partial charge in [0, 0.05) is 20.6 Å². The zero-order valence-corrected chi connectivity index (χ0v) is 20.7. The van der Waals surface area contributed by atoms with Gasteiger partial charge in [-0.05, 0) is 60.5 Å². The van der Waals surface area contributed by atoms with Crippen LogP contribution >= 0.6 is 27.5 Å². The van der Waals surface area contributed by atoms with Gasteiger partial charge in [-0.25, -0.2) is 5.43 Å². The van der Waals surface area contributed by atoms with E-state index in [1.807, 2.05) is 49.4 Å². The summed E-state index contributed by atoms with van der Waals surface area (Å²) in [5, 5.41) is 4.75. The summed E-state index contributed by atoms with van der Waals surface area (Å²) in [6.07, 6.45) is 2.41. The number of benzene rings is 3. The highest BCUT2D eigenvalue weighted by atomic mass is 79.9. The largest absolute Gasteiger partial charge is 0.493 e. The van der Waals surface area contributed by atoms with E-state index in [2.05, 4.69) is 26.5 Å². The minimum absolute atomic E-state index is 0.349. The van der Waals surface area contributed by atoms with E-state index in [9.17, 15) is 4.79 Å². The molecule has 0 fully saturated rings. The Balaban J connectivity index is 1.68. The number of halogens is 2. The fourth-order valence-electron chi connectivity index (χ4n) is 2.90. The predicted molar refractivity (Wildman–Crippen MR) is 134 cm³/mol. The topological polar surface area (TPSA) is 69.2 Å². The number of methoxy groups -OCH3 is 1. The normalized spacial score (nSPS) is 10.8. The Morgan fingerprint density at radius 1 is 1.06 bits per heavy atom. The molecule has 3 rings (SSSR count). The van der Waals surface area contributed by atoms with Gasteiger partial charge < -0.3 is 14.2 Å². The third kappa shape index (κ3) is 7.23. The number of amides is 1. The average Bonchev–Trinajstić information content (AvgIpc) is 2.82. The first-order valence-electron chi connectivity index (χ1n) is 10.3. The molecule has 0 unspecified atom stereocenters. The first-order valence-corrected chi connectivity index (χ1v) is 11.5. The second kappa shape index (κ2) is 12.3. The Morgan fingerprint density at radius 2 is 1.88 bits per heavy atom. The van der Waals surface area contributed by atoms with E-state index in [4.69, 9.17) is 25.8 Å². The van der Waals surface area contributed by atoms with Crippen molar-refractivity contribution in [3.63, 3.8) is 0 Å². The Kier molecular flexibility index (Phi) is 9.15. The number of rotatable bonds is 10. The summed E-state index contributed by atoms with van der Waals surface area (Å²) in [5.41, 5.74) is 4.59. The molecule has 0 heterocycles. The maximum Gasteiger partial charge on any atom is 0.271 e. The van der Waals surface area contributed by atoms with Gasteiger partial charge in [-0.15, -0.1) is 0 Å². The molecule has 172 valence electrons. The molecule has 0 aliphatic carbocycles. The first kappa shape index (κ1) is 24.6. The number of carbonyl (C=O) groups excluding carboxylic acids is 1. The first-order chi connectivity index (χ1) is 16.0. The average molecular weight is 532 g/mol. The highest BCUT2D eigenvalue weighted by molar-refractivity contribution is 9.10. The lowest BCUT2D eigenvalue weighted by molar-refractivity contribution is 0.0954. The lowest BCUT2D eigenvalue weighted by atomic mass is 10.2. The number of nitrogens with one attached hydrogen (secondary N) is 1. The van der Waals surface area contributed by atoms with Gasteiger partial charge in [0.15, 0.2) is 11.5 Å². The quantitative estimate of drug-likeness (QED) is 0.248. The lowest BCUT2D eigenvalue weighted by Crippen LogP contribution is -2.17. The molecule has 1 amide bonds. The van der Waals surface area contributed by atoms with Crippen LogP contribution in [0.2, 0.25) is 5.02 Å². The van der Waals surface area contributed by atoms with Crippen LogP contribution < -0.4 is 19.6 Å². The molecule has 3 aromatic carbocycles. The van der Waals surface area contributed by atoms with Crippen molar-refractivity contribution in [1.82, 2.24) is 5.43 Å². The van der Waals surface area contributed by atoms with Crippen LogP contribution in [0, 0.1) is 0 Å². The van der Waals surface area contributed by atoms with Gasteiger partial charge in [0.2, 0.25) is 0 Å². The molecule has 0 atom stereocenters. The molecule has 0 aliphatic heterocycles. The van der Waals surface area contributed by atoms with E-state index >= 15 is 0 Å². The summed E-state index contributed by atoms with van der Waals surface area (Å²) in [6, 6.07) is 18.0. The summed E-state index contributed by atoms with van der Waals surface area (Å²) in [4.78, 5) is 12.5. The fraction of sp³-hybridized carbons (Fsp3) is 0.200. The highest BCUT2D eigenvalue weighted by Crippen LogP contribution is 2.28. The monoisotopic (exact) mass is 530 g/mol. The van der Waals surface area contributed by atoms with Crippen LogP contribution in [0.25, 0.3) is 0 Å². The van der Waals surface area contributed by atoms with Crippen molar-refractivity contribution in [2.75, 3.05) is 13.7 Å².